The van der Waals surface area contributed by atoms with Crippen LogP contribution in [0.3, 0.4) is 0 Å². The summed E-state index contributed by atoms with van der Waals surface area (Å²) in [5.41, 5.74) is 6.71. The molecule has 1 aromatic carbocycles. The fourth-order valence-corrected chi connectivity index (χ4v) is 2.20. The maximum Gasteiger partial charge on any atom is 0.319 e. The lowest BCUT2D eigenvalue weighted by molar-refractivity contribution is 0.252. The van der Waals surface area contributed by atoms with Crippen molar-refractivity contribution in [3.63, 3.8) is 0 Å². The number of nitrogens with two attached hydrogens (primary N) is 1. The summed E-state index contributed by atoms with van der Waals surface area (Å²) in [5, 5.41) is 7.89. The van der Waals surface area contributed by atoms with Gasteiger partial charge in [0, 0.05) is 9.90 Å². The standard InChI is InChI=1S/C12H12ClN3OS/c13-8-3-4-10(14)11(6-8)16-12(17)15-7-9-2-1-5-18-9/h1-6H,7,14H2,(H2,15,16,17). The largest absolute Gasteiger partial charge is 0.397 e. The minimum Gasteiger partial charge on any atom is -0.397 e. The zero-order valence-electron chi connectivity index (χ0n) is 9.44. The predicted octanol–water partition coefficient (Wildman–Crippen LogP) is 3.31. The van der Waals surface area contributed by atoms with Crippen LogP contribution in [0.2, 0.25) is 5.02 Å². The van der Waals surface area contributed by atoms with Gasteiger partial charge in [0.2, 0.25) is 0 Å². The fraction of sp³-hybridized carbons (Fsp3) is 0.0833. The van der Waals surface area contributed by atoms with E-state index < -0.39 is 0 Å². The van der Waals surface area contributed by atoms with Crippen molar-refractivity contribution in [1.29, 1.82) is 0 Å². The molecule has 94 valence electrons. The van der Waals surface area contributed by atoms with Crippen LogP contribution in [0, 0.1) is 0 Å². The third-order valence-corrected chi connectivity index (χ3v) is 3.38. The first-order valence-electron chi connectivity index (χ1n) is 5.27. The van der Waals surface area contributed by atoms with Crippen molar-refractivity contribution in [3.8, 4) is 0 Å². The number of amides is 2. The number of hydrogen-bond donors (Lipinski definition) is 3. The molecule has 6 heteroatoms. The minimum absolute atomic E-state index is 0.308. The molecule has 0 atom stereocenters. The Balaban J connectivity index is 1.92. The van der Waals surface area contributed by atoms with Crippen LogP contribution >= 0.6 is 22.9 Å². The summed E-state index contributed by atoms with van der Waals surface area (Å²) < 4.78 is 0. The monoisotopic (exact) mass is 281 g/mol. The number of carbonyl (C=O) groups is 1. The molecule has 4 N–H and O–H groups in total. The van der Waals surface area contributed by atoms with Gasteiger partial charge in [-0.2, -0.15) is 0 Å². The molecule has 0 saturated carbocycles. The van der Waals surface area contributed by atoms with Crippen LogP contribution in [0.25, 0.3) is 0 Å². The molecule has 2 amide bonds. The van der Waals surface area contributed by atoms with Gasteiger partial charge in [0.05, 0.1) is 17.9 Å². The highest BCUT2D eigenvalue weighted by molar-refractivity contribution is 7.09. The van der Waals surface area contributed by atoms with Crippen LogP contribution in [0.5, 0.6) is 0 Å². The highest BCUT2D eigenvalue weighted by Crippen LogP contribution is 2.22. The number of hydrogen-bond acceptors (Lipinski definition) is 3. The van der Waals surface area contributed by atoms with Gasteiger partial charge in [-0.1, -0.05) is 17.7 Å². The molecule has 0 aliphatic rings. The molecule has 0 fully saturated rings. The number of carbonyl (C=O) groups excluding carboxylic acids is 1. The van der Waals surface area contributed by atoms with E-state index >= 15 is 0 Å². The molecule has 0 aliphatic carbocycles. The smallest absolute Gasteiger partial charge is 0.319 e. The van der Waals surface area contributed by atoms with Crippen molar-refractivity contribution >= 4 is 40.3 Å². The van der Waals surface area contributed by atoms with Gasteiger partial charge in [-0.25, -0.2) is 4.79 Å². The Kier molecular flexibility index (Phi) is 4.07. The molecule has 0 spiro atoms. The normalized spacial score (nSPS) is 10.1. The maximum atomic E-state index is 11.7. The Morgan fingerprint density at radius 1 is 1.39 bits per heavy atom. The predicted molar refractivity (Wildman–Crippen MR) is 76.0 cm³/mol. The second-order valence-corrected chi connectivity index (χ2v) is 5.09. The summed E-state index contributed by atoms with van der Waals surface area (Å²) in [6, 6.07) is 8.52. The van der Waals surface area contributed by atoms with Crippen LogP contribution in [-0.4, -0.2) is 6.03 Å². The highest BCUT2D eigenvalue weighted by atomic mass is 35.5. The second kappa shape index (κ2) is 5.75. The molecule has 18 heavy (non-hydrogen) atoms. The summed E-state index contributed by atoms with van der Waals surface area (Å²) in [6.07, 6.45) is 0. The first kappa shape index (κ1) is 12.7. The van der Waals surface area contributed by atoms with Crippen molar-refractivity contribution in [2.45, 2.75) is 6.54 Å². The quantitative estimate of drug-likeness (QED) is 0.756. The average Bonchev–Trinajstić information content (AvgIpc) is 2.84. The van der Waals surface area contributed by atoms with Crippen LogP contribution in [0.15, 0.2) is 35.7 Å². The summed E-state index contributed by atoms with van der Waals surface area (Å²) in [7, 11) is 0. The van der Waals surface area contributed by atoms with E-state index in [1.54, 1.807) is 29.5 Å². The zero-order valence-corrected chi connectivity index (χ0v) is 11.0. The van der Waals surface area contributed by atoms with Gasteiger partial charge in [-0.15, -0.1) is 11.3 Å². The summed E-state index contributed by atoms with van der Waals surface area (Å²) in [6.45, 7) is 0.490. The molecular weight excluding hydrogens is 270 g/mol. The van der Waals surface area contributed by atoms with Gasteiger partial charge in [-0.05, 0) is 29.6 Å². The Morgan fingerprint density at radius 2 is 2.22 bits per heavy atom. The number of nitrogens with one attached hydrogen (secondary N) is 2. The van der Waals surface area contributed by atoms with E-state index in [9.17, 15) is 4.79 Å². The van der Waals surface area contributed by atoms with E-state index in [1.165, 1.54) is 0 Å². The van der Waals surface area contributed by atoms with Gasteiger partial charge in [-0.3, -0.25) is 0 Å². The van der Waals surface area contributed by atoms with Gasteiger partial charge in [0.25, 0.3) is 0 Å². The van der Waals surface area contributed by atoms with E-state index in [0.29, 0.717) is 22.9 Å². The van der Waals surface area contributed by atoms with Gasteiger partial charge < -0.3 is 16.4 Å². The van der Waals surface area contributed by atoms with E-state index in [0.717, 1.165) is 4.88 Å². The van der Waals surface area contributed by atoms with E-state index in [2.05, 4.69) is 10.6 Å². The summed E-state index contributed by atoms with van der Waals surface area (Å²) >= 11 is 7.42. The van der Waals surface area contributed by atoms with Gasteiger partial charge >= 0.3 is 6.03 Å². The number of benzene rings is 1. The molecule has 0 unspecified atom stereocenters. The minimum atomic E-state index is -0.308. The van der Waals surface area contributed by atoms with E-state index in [1.807, 2.05) is 17.5 Å². The number of halogens is 1. The molecule has 0 radical (unpaired) electrons. The SMILES string of the molecule is Nc1ccc(Cl)cc1NC(=O)NCc1cccs1. The number of rotatable bonds is 3. The number of anilines is 2. The molecule has 2 rings (SSSR count). The summed E-state index contributed by atoms with van der Waals surface area (Å²) in [4.78, 5) is 12.7. The lowest BCUT2D eigenvalue weighted by atomic mass is 10.3. The number of nitrogen functional groups attached to an aromatic ring is 1. The van der Waals surface area contributed by atoms with E-state index in [4.69, 9.17) is 17.3 Å². The zero-order chi connectivity index (χ0) is 13.0. The Morgan fingerprint density at radius 3 is 2.94 bits per heavy atom. The van der Waals surface area contributed by atoms with Crippen LogP contribution in [-0.2, 0) is 6.54 Å². The fourth-order valence-electron chi connectivity index (χ4n) is 1.38. The summed E-state index contributed by atoms with van der Waals surface area (Å²) in [5.74, 6) is 0. The Labute approximate surface area is 114 Å². The van der Waals surface area contributed by atoms with Crippen molar-refractivity contribution in [2.24, 2.45) is 0 Å². The van der Waals surface area contributed by atoms with Crippen LogP contribution < -0.4 is 16.4 Å². The Hall–Kier alpha value is -1.72. The highest BCUT2D eigenvalue weighted by Gasteiger charge is 2.05. The van der Waals surface area contributed by atoms with Crippen LogP contribution in [0.4, 0.5) is 16.2 Å². The molecule has 1 aromatic heterocycles. The molecule has 4 nitrogen and oxygen atoms in total. The Bertz CT molecular complexity index is 542. The van der Waals surface area contributed by atoms with Gasteiger partial charge in [0.1, 0.15) is 0 Å². The van der Waals surface area contributed by atoms with Gasteiger partial charge in [0.15, 0.2) is 0 Å². The number of urea groups is 1. The van der Waals surface area contributed by atoms with Crippen molar-refractivity contribution in [1.82, 2.24) is 5.32 Å². The number of thiophene rings is 1. The van der Waals surface area contributed by atoms with Crippen molar-refractivity contribution in [3.05, 3.63) is 45.6 Å². The lowest BCUT2D eigenvalue weighted by Gasteiger charge is -2.09. The topological polar surface area (TPSA) is 67.1 Å². The molecule has 2 aromatic rings. The van der Waals surface area contributed by atoms with Crippen LogP contribution in [0.1, 0.15) is 4.88 Å². The lowest BCUT2D eigenvalue weighted by Crippen LogP contribution is -2.28. The third-order valence-electron chi connectivity index (χ3n) is 2.27. The molecule has 1 heterocycles. The van der Waals surface area contributed by atoms with Crippen molar-refractivity contribution < 1.29 is 4.79 Å². The maximum absolute atomic E-state index is 11.7. The molecule has 0 bridgehead atoms. The second-order valence-electron chi connectivity index (χ2n) is 3.62. The first-order valence-corrected chi connectivity index (χ1v) is 6.53. The van der Waals surface area contributed by atoms with E-state index in [-0.39, 0.29) is 6.03 Å². The van der Waals surface area contributed by atoms with Crippen molar-refractivity contribution in [2.75, 3.05) is 11.1 Å². The average molecular weight is 282 g/mol. The third kappa shape index (κ3) is 3.38. The molecule has 0 saturated heterocycles. The molecule has 0 aliphatic heterocycles. The molecular formula is C12H12ClN3OS. The first-order chi connectivity index (χ1) is 8.65.